The van der Waals surface area contributed by atoms with Crippen LogP contribution in [0.2, 0.25) is 0 Å². The van der Waals surface area contributed by atoms with Crippen LogP contribution in [0.15, 0.2) is 29.4 Å². The molecule has 0 N–H and O–H groups in total. The number of esters is 1. The van der Waals surface area contributed by atoms with Gasteiger partial charge in [-0.25, -0.2) is 0 Å². The molecular weight excluding hydrogens is 222 g/mol. The van der Waals surface area contributed by atoms with Gasteiger partial charge in [-0.3, -0.25) is 4.79 Å². The average molecular weight is 235 g/mol. The van der Waals surface area contributed by atoms with Crippen molar-refractivity contribution in [2.45, 2.75) is 12.5 Å². The number of hydrogen-bond acceptors (Lipinski definition) is 4. The Hall–Kier alpha value is -2.20. The summed E-state index contributed by atoms with van der Waals surface area (Å²) in [6, 6.07) is 6.33. The Bertz CT molecular complexity index is 424. The van der Waals surface area contributed by atoms with Crippen LogP contribution in [0.4, 0.5) is 0 Å². The molecule has 0 aliphatic carbocycles. The van der Waals surface area contributed by atoms with Crippen LogP contribution >= 0.6 is 0 Å². The quantitative estimate of drug-likeness (QED) is 0.339. The van der Waals surface area contributed by atoms with Crippen molar-refractivity contribution in [3.05, 3.63) is 40.3 Å². The van der Waals surface area contributed by atoms with E-state index in [-0.39, 0.29) is 0 Å². The predicted octanol–water partition coefficient (Wildman–Crippen LogP) is 2.09. The highest BCUT2D eigenvalue weighted by molar-refractivity contribution is 5.76. The van der Waals surface area contributed by atoms with Gasteiger partial charge in [0.25, 0.3) is 0 Å². The molecule has 1 atom stereocenters. The topological polar surface area (TPSA) is 84.3 Å². The zero-order valence-electron chi connectivity index (χ0n) is 9.66. The number of nitrogens with zero attached hydrogens (tertiary/aromatic N) is 3. The number of rotatable bonds is 5. The molecule has 6 heteroatoms. The summed E-state index contributed by atoms with van der Waals surface area (Å²) in [7, 11) is 2.84. The first-order chi connectivity index (χ1) is 8.21. The summed E-state index contributed by atoms with van der Waals surface area (Å²) in [6.45, 7) is 0. The van der Waals surface area contributed by atoms with Crippen molar-refractivity contribution in [1.29, 1.82) is 0 Å². The first-order valence-corrected chi connectivity index (χ1v) is 4.96. The first kappa shape index (κ1) is 12.9. The molecule has 0 unspecified atom stereocenters. The summed E-state index contributed by atoms with van der Waals surface area (Å²) in [5, 5.41) is 3.41. The Morgan fingerprint density at radius 2 is 2.06 bits per heavy atom. The van der Waals surface area contributed by atoms with Gasteiger partial charge >= 0.3 is 5.97 Å². The van der Waals surface area contributed by atoms with E-state index in [0.29, 0.717) is 6.42 Å². The van der Waals surface area contributed by atoms with Gasteiger partial charge in [0.2, 0.25) is 0 Å². The predicted molar refractivity (Wildman–Crippen MR) is 61.6 cm³/mol. The highest BCUT2D eigenvalue weighted by Crippen LogP contribution is 2.14. The summed E-state index contributed by atoms with van der Waals surface area (Å²) < 4.78 is 9.57. The molecule has 0 aliphatic rings. The molecule has 0 fully saturated rings. The third kappa shape index (κ3) is 3.70. The Morgan fingerprint density at radius 3 is 2.53 bits per heavy atom. The van der Waals surface area contributed by atoms with Crippen molar-refractivity contribution < 1.29 is 14.3 Å². The molecule has 0 heterocycles. The first-order valence-electron chi connectivity index (χ1n) is 4.96. The van der Waals surface area contributed by atoms with Gasteiger partial charge in [-0.1, -0.05) is 17.2 Å². The minimum atomic E-state index is -0.835. The second kappa shape index (κ2) is 6.40. The summed E-state index contributed by atoms with van der Waals surface area (Å²) in [5.41, 5.74) is 9.24. The molecule has 0 saturated carbocycles. The molecule has 0 saturated heterocycles. The minimum Gasteiger partial charge on any atom is -0.497 e. The van der Waals surface area contributed by atoms with Gasteiger partial charge in [0.1, 0.15) is 11.8 Å². The van der Waals surface area contributed by atoms with Crippen LogP contribution in [0.5, 0.6) is 5.75 Å². The fraction of sp³-hybridized carbons (Fsp3) is 0.364. The molecule has 0 aromatic heterocycles. The SMILES string of the molecule is COC(=O)[C@H](Cc1ccc(OC)cc1)N=[N+]=[N-]. The minimum absolute atomic E-state index is 0.306. The molecule has 0 amide bonds. The number of carbonyl (C=O) groups excluding carboxylic acids is 1. The molecule has 0 radical (unpaired) electrons. The third-order valence-corrected chi connectivity index (χ3v) is 2.25. The molecular formula is C11H13N3O3. The van der Waals surface area contributed by atoms with Crippen molar-refractivity contribution in [2.24, 2.45) is 5.11 Å². The van der Waals surface area contributed by atoms with E-state index in [0.717, 1.165) is 11.3 Å². The Morgan fingerprint density at radius 1 is 1.41 bits per heavy atom. The van der Waals surface area contributed by atoms with E-state index in [9.17, 15) is 4.79 Å². The number of carbonyl (C=O) groups is 1. The van der Waals surface area contributed by atoms with Crippen molar-refractivity contribution >= 4 is 5.97 Å². The Kier molecular flexibility index (Phi) is 4.84. The van der Waals surface area contributed by atoms with Crippen LogP contribution in [0, 0.1) is 0 Å². The molecule has 0 aliphatic heterocycles. The standard InChI is InChI=1S/C11H13N3O3/c1-16-9-5-3-8(4-6-9)7-10(13-14-12)11(15)17-2/h3-6,10H,7H2,1-2H3/t10-/m0/s1. The van der Waals surface area contributed by atoms with Crippen LogP contribution in [-0.4, -0.2) is 26.2 Å². The number of hydrogen-bond donors (Lipinski definition) is 0. The van der Waals surface area contributed by atoms with Crippen LogP contribution in [0.3, 0.4) is 0 Å². The van der Waals surface area contributed by atoms with E-state index in [1.165, 1.54) is 7.11 Å². The number of benzene rings is 1. The molecule has 1 rings (SSSR count). The smallest absolute Gasteiger partial charge is 0.314 e. The molecule has 0 spiro atoms. The molecule has 1 aromatic carbocycles. The van der Waals surface area contributed by atoms with Crippen molar-refractivity contribution in [1.82, 2.24) is 0 Å². The Balaban J connectivity index is 2.78. The normalized spacial score (nSPS) is 11.2. The lowest BCUT2D eigenvalue weighted by Gasteiger charge is -2.09. The molecule has 6 nitrogen and oxygen atoms in total. The molecule has 90 valence electrons. The lowest BCUT2D eigenvalue weighted by atomic mass is 10.1. The highest BCUT2D eigenvalue weighted by Gasteiger charge is 2.17. The number of ether oxygens (including phenoxy) is 2. The largest absolute Gasteiger partial charge is 0.497 e. The molecule has 1 aromatic rings. The Labute approximate surface area is 98.8 Å². The van der Waals surface area contributed by atoms with E-state index in [4.69, 9.17) is 10.3 Å². The van der Waals surface area contributed by atoms with Crippen molar-refractivity contribution in [3.8, 4) is 5.75 Å². The molecule has 17 heavy (non-hydrogen) atoms. The van der Waals surface area contributed by atoms with Gasteiger partial charge < -0.3 is 9.47 Å². The monoisotopic (exact) mass is 235 g/mol. The lowest BCUT2D eigenvalue weighted by molar-refractivity contribution is -0.142. The zero-order chi connectivity index (χ0) is 12.7. The van der Waals surface area contributed by atoms with Crippen LogP contribution in [0.1, 0.15) is 5.56 Å². The van der Waals surface area contributed by atoms with Gasteiger partial charge in [0.05, 0.1) is 14.2 Å². The van der Waals surface area contributed by atoms with Crippen LogP contribution in [0.25, 0.3) is 10.4 Å². The third-order valence-electron chi connectivity index (χ3n) is 2.25. The van der Waals surface area contributed by atoms with Crippen molar-refractivity contribution in [2.75, 3.05) is 14.2 Å². The van der Waals surface area contributed by atoms with Gasteiger partial charge in [-0.15, -0.1) is 0 Å². The number of azide groups is 1. The van der Waals surface area contributed by atoms with Gasteiger partial charge in [0, 0.05) is 4.91 Å². The van der Waals surface area contributed by atoms with E-state index < -0.39 is 12.0 Å². The maximum Gasteiger partial charge on any atom is 0.314 e. The van der Waals surface area contributed by atoms with E-state index in [1.807, 2.05) is 12.1 Å². The summed E-state index contributed by atoms with van der Waals surface area (Å²) in [4.78, 5) is 14.0. The maximum atomic E-state index is 11.3. The second-order valence-electron chi connectivity index (χ2n) is 3.30. The summed E-state index contributed by atoms with van der Waals surface area (Å²) in [5.74, 6) is 0.186. The fourth-order valence-corrected chi connectivity index (χ4v) is 1.35. The summed E-state index contributed by atoms with van der Waals surface area (Å²) in [6.07, 6.45) is 0.306. The molecule has 0 bridgehead atoms. The highest BCUT2D eigenvalue weighted by atomic mass is 16.5. The summed E-state index contributed by atoms with van der Waals surface area (Å²) >= 11 is 0. The van der Waals surface area contributed by atoms with E-state index in [1.54, 1.807) is 19.2 Å². The van der Waals surface area contributed by atoms with E-state index in [2.05, 4.69) is 14.8 Å². The zero-order valence-corrected chi connectivity index (χ0v) is 9.66. The van der Waals surface area contributed by atoms with Crippen molar-refractivity contribution in [3.63, 3.8) is 0 Å². The number of methoxy groups -OCH3 is 2. The second-order valence-corrected chi connectivity index (χ2v) is 3.30. The van der Waals surface area contributed by atoms with E-state index >= 15 is 0 Å². The van der Waals surface area contributed by atoms with Crippen LogP contribution < -0.4 is 4.74 Å². The fourth-order valence-electron chi connectivity index (χ4n) is 1.35. The van der Waals surface area contributed by atoms with Crippen LogP contribution in [-0.2, 0) is 16.0 Å². The van der Waals surface area contributed by atoms with Gasteiger partial charge in [-0.2, -0.15) is 0 Å². The van der Waals surface area contributed by atoms with Gasteiger partial charge in [0.15, 0.2) is 0 Å². The lowest BCUT2D eigenvalue weighted by Crippen LogP contribution is -2.22. The average Bonchev–Trinajstić information content (AvgIpc) is 2.38. The maximum absolute atomic E-state index is 11.3. The van der Waals surface area contributed by atoms with Gasteiger partial charge in [-0.05, 0) is 29.6 Å².